The van der Waals surface area contributed by atoms with Gasteiger partial charge in [0.2, 0.25) is 5.95 Å². The van der Waals surface area contributed by atoms with Gasteiger partial charge in [0.25, 0.3) is 0 Å². The number of thiophene rings is 1. The fourth-order valence-electron chi connectivity index (χ4n) is 3.16. The van der Waals surface area contributed by atoms with E-state index in [0.29, 0.717) is 28.0 Å². The van der Waals surface area contributed by atoms with Crippen LogP contribution < -0.4 is 16.0 Å². The van der Waals surface area contributed by atoms with Crippen LogP contribution in [0.4, 0.5) is 27.9 Å². The van der Waals surface area contributed by atoms with Crippen molar-refractivity contribution in [1.82, 2.24) is 15.0 Å². The number of pyridine rings is 1. The van der Waals surface area contributed by atoms with Crippen LogP contribution in [0, 0.1) is 0 Å². The van der Waals surface area contributed by atoms with E-state index in [2.05, 4.69) is 35.3 Å². The van der Waals surface area contributed by atoms with Crippen molar-refractivity contribution < 1.29 is 14.1 Å². The number of hydrogen-bond acceptors (Lipinski definition) is 9. The molecular formula is C24H25N7O3S2. The first-order valence-corrected chi connectivity index (χ1v) is 13.7. The summed E-state index contributed by atoms with van der Waals surface area (Å²) in [5.41, 5.74) is 1.97. The Hall–Kier alpha value is -3.87. The van der Waals surface area contributed by atoms with E-state index in [1.165, 1.54) is 12.5 Å². The smallest absolute Gasteiger partial charge is 0.353 e. The fourth-order valence-corrected chi connectivity index (χ4v) is 5.00. The molecule has 36 heavy (non-hydrogen) atoms. The molecule has 1 aromatic carbocycles. The van der Waals surface area contributed by atoms with E-state index < -0.39 is 15.8 Å². The Morgan fingerprint density at radius 2 is 1.94 bits per heavy atom. The molecule has 0 bridgehead atoms. The van der Waals surface area contributed by atoms with Gasteiger partial charge in [0.1, 0.15) is 5.82 Å². The van der Waals surface area contributed by atoms with Gasteiger partial charge in [0, 0.05) is 40.2 Å². The highest BCUT2D eigenvalue weighted by atomic mass is 32.2. The maximum Gasteiger partial charge on any atom is 0.353 e. The van der Waals surface area contributed by atoms with E-state index in [0.717, 1.165) is 10.4 Å². The monoisotopic (exact) mass is 523 g/mol. The maximum absolute atomic E-state index is 13.1. The largest absolute Gasteiger partial charge is 0.394 e. The molecule has 4 N–H and O–H groups in total. The molecule has 10 nitrogen and oxygen atoms in total. The van der Waals surface area contributed by atoms with Crippen molar-refractivity contribution in [3.05, 3.63) is 72.5 Å². The highest BCUT2D eigenvalue weighted by Crippen LogP contribution is 2.31. The highest BCUT2D eigenvalue weighted by molar-refractivity contribution is 7.93. The molecule has 4 rings (SSSR count). The number of carbonyl (C=O) groups is 1. The first-order valence-electron chi connectivity index (χ1n) is 10.9. The zero-order valence-electron chi connectivity index (χ0n) is 19.6. The average Bonchev–Trinajstić information content (AvgIpc) is 3.39. The minimum atomic E-state index is -2.97. The Labute approximate surface area is 213 Å². The molecule has 2 amide bonds. The summed E-state index contributed by atoms with van der Waals surface area (Å²) in [5, 5.41) is 20.3. The van der Waals surface area contributed by atoms with Crippen LogP contribution in [0.15, 0.2) is 81.8 Å². The lowest BCUT2D eigenvalue weighted by Crippen LogP contribution is -2.21. The van der Waals surface area contributed by atoms with Gasteiger partial charge in [-0.05, 0) is 54.8 Å². The number of nitrogens with one attached hydrogen (secondary N) is 3. The van der Waals surface area contributed by atoms with Crippen molar-refractivity contribution in [2.24, 2.45) is 4.36 Å². The lowest BCUT2D eigenvalue weighted by molar-refractivity contribution is 0.260. The summed E-state index contributed by atoms with van der Waals surface area (Å²) in [6.07, 6.45) is 6.19. The molecule has 0 radical (unpaired) electrons. The predicted molar refractivity (Wildman–Crippen MR) is 143 cm³/mol. The molecule has 3 heterocycles. The molecule has 1 unspecified atom stereocenters. The van der Waals surface area contributed by atoms with Gasteiger partial charge < -0.3 is 21.1 Å². The molecule has 0 saturated heterocycles. The van der Waals surface area contributed by atoms with Gasteiger partial charge in [-0.15, -0.1) is 15.7 Å². The number of benzene rings is 1. The summed E-state index contributed by atoms with van der Waals surface area (Å²) in [6, 6.07) is 13.1. The molecule has 0 aliphatic heterocycles. The summed E-state index contributed by atoms with van der Waals surface area (Å²) in [6.45, 7) is 1.82. The van der Waals surface area contributed by atoms with Gasteiger partial charge in [-0.25, -0.2) is 14.0 Å². The molecule has 186 valence electrons. The number of aliphatic hydroxyl groups excluding tert-OH is 1. The van der Waals surface area contributed by atoms with Crippen LogP contribution in [0.2, 0.25) is 0 Å². The Kier molecular flexibility index (Phi) is 7.88. The Morgan fingerprint density at radius 1 is 1.14 bits per heavy atom. The number of aromatic nitrogens is 3. The molecule has 0 saturated carbocycles. The van der Waals surface area contributed by atoms with Crippen LogP contribution in [0.5, 0.6) is 0 Å². The quantitative estimate of drug-likeness (QED) is 0.257. The molecule has 0 aliphatic carbocycles. The second-order valence-electron chi connectivity index (χ2n) is 7.88. The Bertz CT molecular complexity index is 1440. The number of nitrogens with zero attached hydrogens (tertiary/aromatic N) is 4. The van der Waals surface area contributed by atoms with Crippen molar-refractivity contribution in [2.45, 2.75) is 17.9 Å². The van der Waals surface area contributed by atoms with Crippen molar-refractivity contribution in [2.75, 3.05) is 28.8 Å². The second kappa shape index (κ2) is 11.2. The van der Waals surface area contributed by atoms with Gasteiger partial charge in [0.05, 0.1) is 33.8 Å². The lowest BCUT2D eigenvalue weighted by Gasteiger charge is -2.16. The number of hydrogen-bond donors (Lipinski definition) is 4. The number of urea groups is 1. The topological polar surface area (TPSA) is 141 Å². The lowest BCUT2D eigenvalue weighted by atomic mass is 10.2. The predicted octanol–water partition coefficient (Wildman–Crippen LogP) is 4.83. The van der Waals surface area contributed by atoms with E-state index in [9.17, 15) is 14.1 Å². The molecule has 3 aromatic heterocycles. The standard InChI is InChI=1S/C24H25N7O3S2/c1-16(15-32)27-22-20(21-6-4-12-35-21)14-26-23(30-22)28-17-7-9-19(10-8-17)36(2,34)31-24(33)29-18-5-3-11-25-13-18/h3-14,16,32H,15H2,1-2H3,(H,29,33)(H2,26,27,28,30)/t16-,36?/m1/s1. The summed E-state index contributed by atoms with van der Waals surface area (Å²) in [7, 11) is -2.97. The highest BCUT2D eigenvalue weighted by Gasteiger charge is 2.14. The third kappa shape index (κ3) is 6.42. The summed E-state index contributed by atoms with van der Waals surface area (Å²) < 4.78 is 16.9. The van der Waals surface area contributed by atoms with Crippen LogP contribution in [0.25, 0.3) is 10.4 Å². The van der Waals surface area contributed by atoms with Gasteiger partial charge in [0.15, 0.2) is 0 Å². The van der Waals surface area contributed by atoms with Gasteiger partial charge >= 0.3 is 6.03 Å². The first kappa shape index (κ1) is 25.2. The third-order valence-electron chi connectivity index (χ3n) is 4.95. The number of carbonyl (C=O) groups excluding carboxylic acids is 1. The summed E-state index contributed by atoms with van der Waals surface area (Å²) in [4.78, 5) is 26.6. The van der Waals surface area contributed by atoms with Crippen molar-refractivity contribution >= 4 is 50.2 Å². The number of aliphatic hydroxyl groups is 1. The molecule has 0 fully saturated rings. The number of anilines is 4. The third-order valence-corrected chi connectivity index (χ3v) is 7.51. The Morgan fingerprint density at radius 3 is 2.61 bits per heavy atom. The van der Waals surface area contributed by atoms with Crippen LogP contribution >= 0.6 is 11.3 Å². The SMILES string of the molecule is C[C@H](CO)Nc1nc(Nc2ccc(S(C)(=O)=NC(=O)Nc3cccnc3)cc2)ncc1-c1cccs1. The zero-order valence-corrected chi connectivity index (χ0v) is 21.2. The van der Waals surface area contributed by atoms with E-state index in [4.69, 9.17) is 0 Å². The van der Waals surface area contributed by atoms with Crippen LogP contribution in [-0.2, 0) is 9.73 Å². The van der Waals surface area contributed by atoms with E-state index in [1.54, 1.807) is 60.1 Å². The van der Waals surface area contributed by atoms with E-state index >= 15 is 0 Å². The zero-order chi connectivity index (χ0) is 25.5. The molecule has 12 heteroatoms. The molecule has 2 atom stereocenters. The first-order chi connectivity index (χ1) is 17.3. The van der Waals surface area contributed by atoms with Gasteiger partial charge in [-0.2, -0.15) is 4.98 Å². The van der Waals surface area contributed by atoms with Crippen molar-refractivity contribution in [3.8, 4) is 10.4 Å². The number of amides is 2. The van der Waals surface area contributed by atoms with Gasteiger partial charge in [-0.1, -0.05) is 6.07 Å². The molecule has 4 aromatic rings. The normalized spacial score (nSPS) is 13.3. The average molecular weight is 524 g/mol. The van der Waals surface area contributed by atoms with Crippen LogP contribution in [-0.4, -0.2) is 49.2 Å². The minimum Gasteiger partial charge on any atom is -0.394 e. The molecule has 0 aliphatic rings. The van der Waals surface area contributed by atoms with Crippen LogP contribution in [0.3, 0.4) is 0 Å². The fraction of sp³-hybridized carbons (Fsp3) is 0.167. The Balaban J connectivity index is 1.51. The van der Waals surface area contributed by atoms with Crippen molar-refractivity contribution in [1.29, 1.82) is 0 Å². The minimum absolute atomic E-state index is 0.0419. The van der Waals surface area contributed by atoms with Crippen LogP contribution in [0.1, 0.15) is 6.92 Å². The summed E-state index contributed by atoms with van der Waals surface area (Å²) >= 11 is 1.57. The summed E-state index contributed by atoms with van der Waals surface area (Å²) in [5.74, 6) is 0.955. The second-order valence-corrected chi connectivity index (χ2v) is 11.1. The van der Waals surface area contributed by atoms with Crippen molar-refractivity contribution in [3.63, 3.8) is 0 Å². The molecule has 0 spiro atoms. The van der Waals surface area contributed by atoms with E-state index in [1.807, 2.05) is 24.4 Å². The van der Waals surface area contributed by atoms with Gasteiger partial charge in [-0.3, -0.25) is 4.98 Å². The van der Waals surface area contributed by atoms with E-state index in [-0.39, 0.29) is 12.6 Å². The molecular weight excluding hydrogens is 498 g/mol. The number of rotatable bonds is 8. The maximum atomic E-state index is 13.1.